The minimum atomic E-state index is 0.00145. The predicted molar refractivity (Wildman–Crippen MR) is 140 cm³/mol. The highest BCUT2D eigenvalue weighted by molar-refractivity contribution is 5.80. The summed E-state index contributed by atoms with van der Waals surface area (Å²) in [7, 11) is 1.79. The van der Waals surface area contributed by atoms with Crippen LogP contribution in [0.2, 0.25) is 0 Å². The van der Waals surface area contributed by atoms with Crippen LogP contribution in [0.25, 0.3) is 10.9 Å². The van der Waals surface area contributed by atoms with Crippen LogP contribution in [-0.2, 0) is 13.5 Å². The second kappa shape index (κ2) is 12.0. The van der Waals surface area contributed by atoms with Gasteiger partial charge in [0.2, 0.25) is 0 Å². The van der Waals surface area contributed by atoms with E-state index in [0.29, 0.717) is 6.61 Å². The Morgan fingerprint density at radius 1 is 0.882 bits per heavy atom. The maximum Gasteiger partial charge on any atom is 0.250 e. The Bertz CT molecular complexity index is 1220. The standard InChI is InChI=1S/C29H33N3O2/c1-31-28-16-15-27(22-25(28)14-17-29(31)33)34-21-7-3-6-19-32(26-13-8-18-30-23-26)20-9-12-24-10-4-2-5-11-24/h2,4-5,8,10-11,13-18,22-23H,3,6-7,9,12,19-21H2,1H3. The SMILES string of the molecule is Cn1c(=O)ccc2cc(OCCCCCN(CCCc3ccccc3)c3cccnc3)ccc21. The Morgan fingerprint density at radius 2 is 1.74 bits per heavy atom. The summed E-state index contributed by atoms with van der Waals surface area (Å²) in [4.78, 5) is 18.5. The molecule has 2 aromatic heterocycles. The van der Waals surface area contributed by atoms with Crippen LogP contribution in [0.3, 0.4) is 0 Å². The molecule has 4 rings (SSSR count). The Morgan fingerprint density at radius 3 is 2.56 bits per heavy atom. The van der Waals surface area contributed by atoms with Crippen molar-refractivity contribution in [3.05, 3.63) is 101 Å². The number of aromatic nitrogens is 2. The molecule has 5 nitrogen and oxygen atoms in total. The van der Waals surface area contributed by atoms with Gasteiger partial charge in [0.25, 0.3) is 5.56 Å². The lowest BCUT2D eigenvalue weighted by Gasteiger charge is -2.24. The lowest BCUT2D eigenvalue weighted by atomic mass is 10.1. The van der Waals surface area contributed by atoms with E-state index >= 15 is 0 Å². The van der Waals surface area contributed by atoms with E-state index in [1.165, 1.54) is 11.3 Å². The molecule has 4 aromatic rings. The van der Waals surface area contributed by atoms with Gasteiger partial charge in [0, 0.05) is 37.8 Å². The molecule has 176 valence electrons. The third kappa shape index (κ3) is 6.47. The van der Waals surface area contributed by atoms with Crippen LogP contribution in [0.15, 0.2) is 90.0 Å². The first-order valence-corrected chi connectivity index (χ1v) is 12.1. The van der Waals surface area contributed by atoms with Gasteiger partial charge < -0.3 is 14.2 Å². The number of unbranched alkanes of at least 4 members (excludes halogenated alkanes) is 2. The number of hydrogen-bond donors (Lipinski definition) is 0. The van der Waals surface area contributed by atoms with E-state index in [0.717, 1.165) is 61.8 Å². The zero-order chi connectivity index (χ0) is 23.6. The molecule has 0 radical (unpaired) electrons. The summed E-state index contributed by atoms with van der Waals surface area (Å²) in [6.07, 6.45) is 9.23. The second-order valence-corrected chi connectivity index (χ2v) is 8.65. The van der Waals surface area contributed by atoms with E-state index < -0.39 is 0 Å². The number of anilines is 1. The number of benzene rings is 2. The Kier molecular flexibility index (Phi) is 8.33. The molecule has 0 aliphatic rings. The van der Waals surface area contributed by atoms with Crippen molar-refractivity contribution in [2.45, 2.75) is 32.1 Å². The molecule has 5 heteroatoms. The van der Waals surface area contributed by atoms with Crippen LogP contribution >= 0.6 is 0 Å². The molecule has 0 saturated heterocycles. The maximum atomic E-state index is 11.8. The number of aryl methyl sites for hydroxylation is 2. The molecule has 0 amide bonds. The van der Waals surface area contributed by atoms with Crippen molar-refractivity contribution in [2.24, 2.45) is 7.05 Å². The number of rotatable bonds is 12. The second-order valence-electron chi connectivity index (χ2n) is 8.65. The van der Waals surface area contributed by atoms with Gasteiger partial charge in [-0.2, -0.15) is 0 Å². The smallest absolute Gasteiger partial charge is 0.250 e. The van der Waals surface area contributed by atoms with Gasteiger partial charge >= 0.3 is 0 Å². The summed E-state index contributed by atoms with van der Waals surface area (Å²) in [6, 6.07) is 24.2. The molecule has 0 N–H and O–H groups in total. The zero-order valence-electron chi connectivity index (χ0n) is 19.9. The third-order valence-electron chi connectivity index (χ3n) is 6.18. The molecule has 0 atom stereocenters. The monoisotopic (exact) mass is 455 g/mol. The minimum Gasteiger partial charge on any atom is -0.494 e. The lowest BCUT2D eigenvalue weighted by Crippen LogP contribution is -2.26. The first-order chi connectivity index (χ1) is 16.7. The molecule has 0 saturated carbocycles. The van der Waals surface area contributed by atoms with E-state index in [9.17, 15) is 4.79 Å². The van der Waals surface area contributed by atoms with Gasteiger partial charge in [0.15, 0.2) is 0 Å². The molecule has 0 spiro atoms. The summed E-state index contributed by atoms with van der Waals surface area (Å²) in [5.41, 5.74) is 3.50. The highest BCUT2D eigenvalue weighted by Crippen LogP contribution is 2.20. The predicted octanol–water partition coefficient (Wildman–Crippen LogP) is 5.62. The Labute approximate surface area is 201 Å². The van der Waals surface area contributed by atoms with Crippen LogP contribution in [0.5, 0.6) is 5.75 Å². The molecule has 0 bridgehead atoms. The molecular weight excluding hydrogens is 422 g/mol. The van der Waals surface area contributed by atoms with Crippen LogP contribution in [-0.4, -0.2) is 29.2 Å². The molecule has 34 heavy (non-hydrogen) atoms. The number of fused-ring (bicyclic) bond motifs is 1. The summed E-state index contributed by atoms with van der Waals surface area (Å²) < 4.78 is 7.64. The van der Waals surface area contributed by atoms with Crippen LogP contribution < -0.4 is 15.2 Å². The number of hydrogen-bond acceptors (Lipinski definition) is 4. The van der Waals surface area contributed by atoms with E-state index in [1.807, 2.05) is 42.7 Å². The van der Waals surface area contributed by atoms with Crippen LogP contribution in [0.1, 0.15) is 31.2 Å². The van der Waals surface area contributed by atoms with Crippen molar-refractivity contribution in [1.82, 2.24) is 9.55 Å². The normalized spacial score (nSPS) is 11.0. The van der Waals surface area contributed by atoms with E-state index in [-0.39, 0.29) is 5.56 Å². The molecule has 2 heterocycles. The van der Waals surface area contributed by atoms with Crippen molar-refractivity contribution in [2.75, 3.05) is 24.6 Å². The number of pyridine rings is 2. The molecule has 0 fully saturated rings. The van der Waals surface area contributed by atoms with E-state index in [1.54, 1.807) is 17.7 Å². The first kappa shape index (κ1) is 23.6. The molecule has 0 aliphatic heterocycles. The minimum absolute atomic E-state index is 0.00145. The Balaban J connectivity index is 1.22. The molecule has 0 aliphatic carbocycles. The van der Waals surface area contributed by atoms with E-state index in [2.05, 4.69) is 46.3 Å². The lowest BCUT2D eigenvalue weighted by molar-refractivity contribution is 0.306. The highest BCUT2D eigenvalue weighted by Gasteiger charge is 2.07. The summed E-state index contributed by atoms with van der Waals surface area (Å²) in [5, 5.41) is 1.02. The van der Waals surface area contributed by atoms with Gasteiger partial charge in [-0.15, -0.1) is 0 Å². The fraction of sp³-hybridized carbons (Fsp3) is 0.310. The first-order valence-electron chi connectivity index (χ1n) is 12.1. The van der Waals surface area contributed by atoms with Crippen molar-refractivity contribution in [3.8, 4) is 5.75 Å². The van der Waals surface area contributed by atoms with Crippen LogP contribution in [0, 0.1) is 0 Å². The van der Waals surface area contributed by atoms with Crippen molar-refractivity contribution in [3.63, 3.8) is 0 Å². The van der Waals surface area contributed by atoms with Gasteiger partial charge in [-0.25, -0.2) is 0 Å². The maximum absolute atomic E-state index is 11.8. The summed E-state index contributed by atoms with van der Waals surface area (Å²) >= 11 is 0. The average Bonchev–Trinajstić information content (AvgIpc) is 2.88. The average molecular weight is 456 g/mol. The molecular formula is C29H33N3O2. The van der Waals surface area contributed by atoms with Crippen LogP contribution in [0.4, 0.5) is 5.69 Å². The van der Waals surface area contributed by atoms with Gasteiger partial charge in [0.05, 0.1) is 24.0 Å². The van der Waals surface area contributed by atoms with Crippen molar-refractivity contribution < 1.29 is 4.74 Å². The fourth-order valence-corrected chi connectivity index (χ4v) is 4.25. The summed E-state index contributed by atoms with van der Waals surface area (Å²) in [5.74, 6) is 0.851. The highest BCUT2D eigenvalue weighted by atomic mass is 16.5. The van der Waals surface area contributed by atoms with Gasteiger partial charge in [-0.05, 0) is 74.1 Å². The molecule has 2 aromatic carbocycles. The number of ether oxygens (including phenoxy) is 1. The topological polar surface area (TPSA) is 47.4 Å². The fourth-order valence-electron chi connectivity index (χ4n) is 4.25. The van der Waals surface area contributed by atoms with Gasteiger partial charge in [-0.1, -0.05) is 30.3 Å². The van der Waals surface area contributed by atoms with Gasteiger partial charge in [-0.3, -0.25) is 9.78 Å². The zero-order valence-corrected chi connectivity index (χ0v) is 19.9. The quantitative estimate of drug-likeness (QED) is 0.260. The Hall–Kier alpha value is -3.60. The molecule has 0 unspecified atom stereocenters. The number of nitrogens with zero attached hydrogens (tertiary/aromatic N) is 3. The largest absolute Gasteiger partial charge is 0.494 e. The third-order valence-corrected chi connectivity index (χ3v) is 6.18. The van der Waals surface area contributed by atoms with Crippen molar-refractivity contribution in [1.29, 1.82) is 0 Å². The van der Waals surface area contributed by atoms with Gasteiger partial charge in [0.1, 0.15) is 5.75 Å². The summed E-state index contributed by atoms with van der Waals surface area (Å²) in [6.45, 7) is 2.74. The van der Waals surface area contributed by atoms with E-state index in [4.69, 9.17) is 4.74 Å². The van der Waals surface area contributed by atoms with Crippen molar-refractivity contribution >= 4 is 16.6 Å².